The molecule has 0 spiro atoms. The fourth-order valence-corrected chi connectivity index (χ4v) is 10.7. The summed E-state index contributed by atoms with van der Waals surface area (Å²) in [6.45, 7) is 17.9. The highest BCUT2D eigenvalue weighted by atomic mass is 28.4. The molecular formula is C26H43NO6Si. The SMILES string of the molecule is CC(C)[Si](OC/C=C(/C[C@H]1OC(C)(C)O[C@@H]1COCc1ccccc1)[N+](=O)[O-])(C(C)C)C(C)C. The Morgan fingerprint density at radius 2 is 1.62 bits per heavy atom. The molecule has 1 aliphatic rings. The normalized spacial score (nSPS) is 21.1. The third kappa shape index (κ3) is 7.46. The molecule has 0 unspecified atom stereocenters. The highest BCUT2D eigenvalue weighted by molar-refractivity contribution is 6.77. The summed E-state index contributed by atoms with van der Waals surface area (Å²) in [4.78, 5) is 11.5. The van der Waals surface area contributed by atoms with Gasteiger partial charge in [0.1, 0.15) is 6.10 Å². The van der Waals surface area contributed by atoms with Crippen molar-refractivity contribution in [3.8, 4) is 0 Å². The zero-order chi connectivity index (χ0) is 25.5. The predicted octanol–water partition coefficient (Wildman–Crippen LogP) is 6.47. The molecule has 8 heteroatoms. The van der Waals surface area contributed by atoms with Gasteiger partial charge in [0, 0.05) is 6.08 Å². The molecule has 7 nitrogen and oxygen atoms in total. The van der Waals surface area contributed by atoms with Crippen LogP contribution < -0.4 is 0 Å². The van der Waals surface area contributed by atoms with Gasteiger partial charge in [-0.1, -0.05) is 71.9 Å². The Bertz CT molecular complexity index is 787. The van der Waals surface area contributed by atoms with E-state index in [9.17, 15) is 10.1 Å². The second kappa shape index (κ2) is 12.4. The average molecular weight is 494 g/mol. The molecule has 1 aromatic rings. The van der Waals surface area contributed by atoms with Crippen molar-refractivity contribution in [3.63, 3.8) is 0 Å². The van der Waals surface area contributed by atoms with E-state index in [4.69, 9.17) is 18.6 Å². The lowest BCUT2D eigenvalue weighted by Gasteiger charge is -2.41. The molecule has 2 atom stereocenters. The van der Waals surface area contributed by atoms with Crippen molar-refractivity contribution in [2.24, 2.45) is 0 Å². The zero-order valence-electron chi connectivity index (χ0n) is 22.1. The first-order chi connectivity index (χ1) is 15.9. The van der Waals surface area contributed by atoms with Crippen molar-refractivity contribution >= 4 is 8.32 Å². The summed E-state index contributed by atoms with van der Waals surface area (Å²) in [7, 11) is -2.10. The summed E-state index contributed by atoms with van der Waals surface area (Å²) >= 11 is 0. The minimum Gasteiger partial charge on any atom is -0.412 e. The maximum absolute atomic E-state index is 11.9. The van der Waals surface area contributed by atoms with Crippen LogP contribution in [-0.2, 0) is 25.2 Å². The van der Waals surface area contributed by atoms with Crippen LogP contribution in [0.4, 0.5) is 0 Å². The van der Waals surface area contributed by atoms with E-state index in [1.165, 1.54) is 0 Å². The molecule has 192 valence electrons. The zero-order valence-corrected chi connectivity index (χ0v) is 23.1. The Balaban J connectivity index is 2.07. The van der Waals surface area contributed by atoms with Crippen LogP contribution in [0.15, 0.2) is 42.1 Å². The summed E-state index contributed by atoms with van der Waals surface area (Å²) < 4.78 is 24.4. The molecule has 1 heterocycles. The van der Waals surface area contributed by atoms with Crippen LogP contribution in [-0.4, -0.2) is 44.4 Å². The first kappa shape index (κ1) is 28.7. The molecule has 1 aromatic carbocycles. The van der Waals surface area contributed by atoms with Crippen molar-refractivity contribution in [1.82, 2.24) is 0 Å². The van der Waals surface area contributed by atoms with Gasteiger partial charge in [-0.15, -0.1) is 0 Å². The molecular weight excluding hydrogens is 450 g/mol. The third-order valence-electron chi connectivity index (χ3n) is 6.68. The van der Waals surface area contributed by atoms with Gasteiger partial charge in [-0.05, 0) is 36.0 Å². The number of nitro groups is 1. The largest absolute Gasteiger partial charge is 0.412 e. The van der Waals surface area contributed by atoms with Gasteiger partial charge in [0.25, 0.3) is 0 Å². The molecule has 0 bridgehead atoms. The highest BCUT2D eigenvalue weighted by Gasteiger charge is 2.45. The number of benzene rings is 1. The van der Waals surface area contributed by atoms with E-state index in [0.29, 0.717) is 29.8 Å². The van der Waals surface area contributed by atoms with E-state index in [-0.39, 0.29) is 23.6 Å². The van der Waals surface area contributed by atoms with E-state index < -0.39 is 26.3 Å². The molecule has 1 aliphatic heterocycles. The van der Waals surface area contributed by atoms with Gasteiger partial charge in [-0.25, -0.2) is 0 Å². The van der Waals surface area contributed by atoms with E-state index in [1.54, 1.807) is 6.08 Å². The molecule has 0 saturated carbocycles. The molecule has 34 heavy (non-hydrogen) atoms. The quantitative estimate of drug-likeness (QED) is 0.178. The maximum atomic E-state index is 11.9. The van der Waals surface area contributed by atoms with Crippen molar-refractivity contribution < 1.29 is 23.6 Å². The van der Waals surface area contributed by atoms with Crippen LogP contribution >= 0.6 is 0 Å². The minimum absolute atomic E-state index is 0.0959. The standard InChI is InChI=1S/C26H43NO6Si/c1-19(2)34(20(3)4,21(5)6)31-15-14-23(27(28)29)16-24-25(33-26(7,8)32-24)18-30-17-22-12-10-9-11-13-22/h9-14,19-21,24-25H,15-18H2,1-8H3/b23-14-/t24-,25-/m1/s1. The van der Waals surface area contributed by atoms with Gasteiger partial charge in [0.15, 0.2) is 5.79 Å². The number of nitrogens with zero attached hydrogens (tertiary/aromatic N) is 1. The van der Waals surface area contributed by atoms with Crippen molar-refractivity contribution in [2.75, 3.05) is 13.2 Å². The fraction of sp³-hybridized carbons (Fsp3) is 0.692. The van der Waals surface area contributed by atoms with E-state index in [1.807, 2.05) is 44.2 Å². The summed E-state index contributed by atoms with van der Waals surface area (Å²) in [6.07, 6.45) is 0.896. The third-order valence-corrected chi connectivity index (χ3v) is 12.8. The molecule has 2 rings (SSSR count). The molecule has 0 amide bonds. The van der Waals surface area contributed by atoms with Crippen molar-refractivity contribution in [3.05, 3.63) is 57.8 Å². The summed E-state index contributed by atoms with van der Waals surface area (Å²) in [5, 5.41) is 11.9. The van der Waals surface area contributed by atoms with Crippen molar-refractivity contribution in [1.29, 1.82) is 0 Å². The number of rotatable bonds is 13. The maximum Gasteiger partial charge on any atom is 0.247 e. The minimum atomic E-state index is -2.10. The second-order valence-electron chi connectivity index (χ2n) is 10.5. The van der Waals surface area contributed by atoms with Crippen LogP contribution in [0, 0.1) is 10.1 Å². The summed E-state index contributed by atoms with van der Waals surface area (Å²) in [5.41, 5.74) is 2.40. The monoisotopic (exact) mass is 493 g/mol. The topological polar surface area (TPSA) is 80.1 Å². The molecule has 0 N–H and O–H groups in total. The van der Waals surface area contributed by atoms with Gasteiger partial charge in [-0.2, -0.15) is 0 Å². The Hall–Kier alpha value is -1.58. The first-order valence-corrected chi connectivity index (χ1v) is 14.5. The van der Waals surface area contributed by atoms with Gasteiger partial charge < -0.3 is 18.6 Å². The Kier molecular flexibility index (Phi) is 10.4. The predicted molar refractivity (Wildman–Crippen MR) is 137 cm³/mol. The Labute approximate surface area is 206 Å². The van der Waals surface area contributed by atoms with Crippen LogP contribution in [0.5, 0.6) is 0 Å². The van der Waals surface area contributed by atoms with E-state index in [0.717, 1.165) is 5.56 Å². The van der Waals surface area contributed by atoms with Crippen LogP contribution in [0.25, 0.3) is 0 Å². The van der Waals surface area contributed by atoms with Gasteiger partial charge in [-0.3, -0.25) is 10.1 Å². The van der Waals surface area contributed by atoms with Crippen LogP contribution in [0.1, 0.15) is 67.4 Å². The lowest BCUT2D eigenvalue weighted by Crippen LogP contribution is -2.47. The fourth-order valence-electron chi connectivity index (χ4n) is 5.31. The average Bonchev–Trinajstić information content (AvgIpc) is 3.03. The molecule has 1 fully saturated rings. The second-order valence-corrected chi connectivity index (χ2v) is 16.0. The molecule has 0 radical (unpaired) electrons. The summed E-state index contributed by atoms with van der Waals surface area (Å²) in [5.74, 6) is -0.821. The molecule has 0 aliphatic carbocycles. The van der Waals surface area contributed by atoms with E-state index >= 15 is 0 Å². The van der Waals surface area contributed by atoms with Gasteiger partial charge >= 0.3 is 0 Å². The lowest BCUT2D eigenvalue weighted by molar-refractivity contribution is -0.430. The van der Waals surface area contributed by atoms with Crippen molar-refractivity contribution in [2.45, 2.75) is 103 Å². The van der Waals surface area contributed by atoms with E-state index in [2.05, 4.69) is 41.5 Å². The smallest absolute Gasteiger partial charge is 0.247 e. The number of hydrogen-bond donors (Lipinski definition) is 0. The number of hydrogen-bond acceptors (Lipinski definition) is 6. The summed E-state index contributed by atoms with van der Waals surface area (Å²) in [6, 6.07) is 9.88. The van der Waals surface area contributed by atoms with Crippen LogP contribution in [0.3, 0.4) is 0 Å². The number of ether oxygens (including phenoxy) is 3. The highest BCUT2D eigenvalue weighted by Crippen LogP contribution is 2.42. The molecule has 0 aromatic heterocycles. The molecule has 1 saturated heterocycles. The van der Waals surface area contributed by atoms with Gasteiger partial charge in [0.05, 0.1) is 37.3 Å². The Morgan fingerprint density at radius 3 is 2.15 bits per heavy atom. The van der Waals surface area contributed by atoms with Gasteiger partial charge in [0.2, 0.25) is 14.0 Å². The van der Waals surface area contributed by atoms with Crippen LogP contribution in [0.2, 0.25) is 16.6 Å². The lowest BCUT2D eigenvalue weighted by atomic mass is 10.1. The Morgan fingerprint density at radius 1 is 1.06 bits per heavy atom. The first-order valence-electron chi connectivity index (χ1n) is 12.3.